The fraction of sp³-hybridized carbons (Fsp3) is 0.118. The summed E-state index contributed by atoms with van der Waals surface area (Å²) in [5.74, 6) is -0.762. The maximum atomic E-state index is 12.8. The molecule has 0 spiro atoms. The Kier molecular flexibility index (Phi) is 5.86. The highest BCUT2D eigenvalue weighted by atomic mass is 19.1. The molecule has 3 N–H and O–H groups in total. The van der Waals surface area contributed by atoms with E-state index in [0.717, 1.165) is 5.56 Å². The molecule has 24 heavy (non-hydrogen) atoms. The summed E-state index contributed by atoms with van der Waals surface area (Å²) >= 11 is 0. The molecular formula is C17H15FN4O2. The molecule has 0 aliphatic heterocycles. The first-order valence-electron chi connectivity index (χ1n) is 7.13. The Balaban J connectivity index is 1.73. The molecule has 2 aromatic carbocycles. The number of hydrogen-bond acceptors (Lipinski definition) is 3. The quantitative estimate of drug-likeness (QED) is 0.785. The molecule has 0 radical (unpaired) electrons. The number of halogens is 1. The number of nitrogens with one attached hydrogen (secondary N) is 3. The van der Waals surface area contributed by atoms with Crippen LogP contribution in [0.2, 0.25) is 0 Å². The number of anilines is 1. The van der Waals surface area contributed by atoms with E-state index in [1.807, 2.05) is 6.07 Å². The van der Waals surface area contributed by atoms with E-state index in [1.165, 1.54) is 18.2 Å². The number of urea groups is 1. The molecule has 0 bridgehead atoms. The van der Waals surface area contributed by atoms with Crippen molar-refractivity contribution in [1.82, 2.24) is 10.6 Å². The maximum absolute atomic E-state index is 12.8. The Morgan fingerprint density at radius 2 is 1.83 bits per heavy atom. The number of nitrogens with zero attached hydrogens (tertiary/aromatic N) is 1. The van der Waals surface area contributed by atoms with Crippen molar-refractivity contribution in [2.24, 2.45) is 0 Å². The summed E-state index contributed by atoms with van der Waals surface area (Å²) in [6.07, 6.45) is 0. The summed E-state index contributed by atoms with van der Waals surface area (Å²) < 4.78 is 12.8. The number of amides is 3. The summed E-state index contributed by atoms with van der Waals surface area (Å²) in [7, 11) is 0. The molecule has 0 unspecified atom stereocenters. The predicted octanol–water partition coefficient (Wildman–Crippen LogP) is 2.14. The second-order valence-corrected chi connectivity index (χ2v) is 4.90. The molecule has 0 fully saturated rings. The minimum atomic E-state index is -0.514. The van der Waals surface area contributed by atoms with Gasteiger partial charge >= 0.3 is 6.03 Å². The summed E-state index contributed by atoms with van der Waals surface area (Å²) in [6, 6.07) is 13.6. The molecule has 2 aromatic rings. The topological polar surface area (TPSA) is 94.0 Å². The third-order valence-electron chi connectivity index (χ3n) is 3.05. The SMILES string of the molecule is N#Cc1cccc(NC(=O)CNC(=O)NCc2ccc(F)cc2)c1. The smallest absolute Gasteiger partial charge is 0.315 e. The Morgan fingerprint density at radius 1 is 1.08 bits per heavy atom. The number of nitriles is 1. The van der Waals surface area contributed by atoms with Crippen molar-refractivity contribution in [3.8, 4) is 6.07 Å². The van der Waals surface area contributed by atoms with Crippen LogP contribution in [0.1, 0.15) is 11.1 Å². The lowest BCUT2D eigenvalue weighted by Gasteiger charge is -2.08. The van der Waals surface area contributed by atoms with E-state index in [4.69, 9.17) is 5.26 Å². The van der Waals surface area contributed by atoms with Crippen molar-refractivity contribution in [3.05, 3.63) is 65.5 Å². The predicted molar refractivity (Wildman–Crippen MR) is 86.4 cm³/mol. The van der Waals surface area contributed by atoms with E-state index in [2.05, 4.69) is 16.0 Å². The van der Waals surface area contributed by atoms with E-state index in [0.29, 0.717) is 11.3 Å². The first-order valence-corrected chi connectivity index (χ1v) is 7.13. The van der Waals surface area contributed by atoms with Gasteiger partial charge in [-0.2, -0.15) is 5.26 Å². The van der Waals surface area contributed by atoms with Gasteiger partial charge in [-0.1, -0.05) is 18.2 Å². The van der Waals surface area contributed by atoms with Crippen LogP contribution in [0.5, 0.6) is 0 Å². The highest BCUT2D eigenvalue weighted by molar-refractivity contribution is 5.94. The lowest BCUT2D eigenvalue weighted by Crippen LogP contribution is -2.39. The van der Waals surface area contributed by atoms with Crippen LogP contribution in [0.3, 0.4) is 0 Å². The van der Waals surface area contributed by atoms with Crippen molar-refractivity contribution < 1.29 is 14.0 Å². The number of benzene rings is 2. The lowest BCUT2D eigenvalue weighted by molar-refractivity contribution is -0.115. The lowest BCUT2D eigenvalue weighted by atomic mass is 10.2. The zero-order valence-electron chi connectivity index (χ0n) is 12.7. The van der Waals surface area contributed by atoms with Crippen LogP contribution in [-0.4, -0.2) is 18.5 Å². The van der Waals surface area contributed by atoms with Crippen LogP contribution in [-0.2, 0) is 11.3 Å². The largest absolute Gasteiger partial charge is 0.334 e. The minimum Gasteiger partial charge on any atom is -0.334 e. The molecule has 0 aliphatic rings. The molecule has 0 aliphatic carbocycles. The third-order valence-corrected chi connectivity index (χ3v) is 3.05. The number of rotatable bonds is 5. The Morgan fingerprint density at radius 3 is 2.54 bits per heavy atom. The minimum absolute atomic E-state index is 0.216. The molecule has 0 saturated carbocycles. The van der Waals surface area contributed by atoms with Crippen LogP contribution in [0.25, 0.3) is 0 Å². The van der Waals surface area contributed by atoms with Gasteiger partial charge in [0.05, 0.1) is 18.2 Å². The summed E-state index contributed by atoms with van der Waals surface area (Å²) in [5, 5.41) is 16.3. The molecule has 0 atom stereocenters. The van der Waals surface area contributed by atoms with E-state index in [-0.39, 0.29) is 18.9 Å². The molecule has 0 heterocycles. The van der Waals surface area contributed by atoms with Crippen molar-refractivity contribution >= 4 is 17.6 Å². The van der Waals surface area contributed by atoms with Gasteiger partial charge in [0.1, 0.15) is 5.82 Å². The van der Waals surface area contributed by atoms with Gasteiger partial charge in [-0.05, 0) is 35.9 Å². The van der Waals surface area contributed by atoms with Gasteiger partial charge in [0.25, 0.3) is 0 Å². The molecule has 122 valence electrons. The van der Waals surface area contributed by atoms with Gasteiger partial charge in [-0.25, -0.2) is 9.18 Å². The summed E-state index contributed by atoms with van der Waals surface area (Å²) in [6.45, 7) is 0.00395. The first-order chi connectivity index (χ1) is 11.6. The van der Waals surface area contributed by atoms with Gasteiger partial charge in [-0.3, -0.25) is 4.79 Å². The van der Waals surface area contributed by atoms with Crippen LogP contribution in [0.4, 0.5) is 14.9 Å². The summed E-state index contributed by atoms with van der Waals surface area (Å²) in [4.78, 5) is 23.4. The van der Waals surface area contributed by atoms with E-state index in [9.17, 15) is 14.0 Å². The summed E-state index contributed by atoms with van der Waals surface area (Å²) in [5.41, 5.74) is 1.65. The molecule has 7 heteroatoms. The maximum Gasteiger partial charge on any atom is 0.315 e. The first kappa shape index (κ1) is 17.0. The molecule has 0 saturated heterocycles. The van der Waals surface area contributed by atoms with Gasteiger partial charge < -0.3 is 16.0 Å². The van der Waals surface area contributed by atoms with Gasteiger partial charge in [0.15, 0.2) is 0 Å². The number of hydrogen-bond donors (Lipinski definition) is 3. The zero-order chi connectivity index (χ0) is 17.4. The number of carbonyl (C=O) groups is 2. The zero-order valence-corrected chi connectivity index (χ0v) is 12.7. The van der Waals surface area contributed by atoms with Gasteiger partial charge in [0.2, 0.25) is 5.91 Å². The monoisotopic (exact) mass is 326 g/mol. The van der Waals surface area contributed by atoms with Gasteiger partial charge in [0, 0.05) is 12.2 Å². The second-order valence-electron chi connectivity index (χ2n) is 4.90. The molecule has 6 nitrogen and oxygen atoms in total. The number of carbonyl (C=O) groups excluding carboxylic acids is 2. The molecule has 2 rings (SSSR count). The average molecular weight is 326 g/mol. The Bertz CT molecular complexity index is 769. The van der Waals surface area contributed by atoms with Crippen LogP contribution in [0.15, 0.2) is 48.5 Å². The molecule has 3 amide bonds. The Hall–Kier alpha value is -3.40. The van der Waals surface area contributed by atoms with Crippen molar-refractivity contribution in [2.45, 2.75) is 6.54 Å². The van der Waals surface area contributed by atoms with Gasteiger partial charge in [-0.15, -0.1) is 0 Å². The normalized spacial score (nSPS) is 9.67. The highest BCUT2D eigenvalue weighted by Crippen LogP contribution is 2.09. The second kappa shape index (κ2) is 8.29. The third kappa shape index (κ3) is 5.42. The van der Waals surface area contributed by atoms with Crippen LogP contribution >= 0.6 is 0 Å². The standard InChI is InChI=1S/C17H15FN4O2/c18-14-6-4-12(5-7-14)10-20-17(24)21-11-16(23)22-15-3-1-2-13(8-15)9-19/h1-8H,10-11H2,(H,22,23)(H2,20,21,24). The average Bonchev–Trinajstić information content (AvgIpc) is 2.59. The van der Waals surface area contributed by atoms with E-state index < -0.39 is 11.9 Å². The van der Waals surface area contributed by atoms with E-state index >= 15 is 0 Å². The van der Waals surface area contributed by atoms with Crippen LogP contribution < -0.4 is 16.0 Å². The fourth-order valence-electron chi connectivity index (χ4n) is 1.88. The molecule has 0 aromatic heterocycles. The Labute approximate surface area is 138 Å². The van der Waals surface area contributed by atoms with Crippen molar-refractivity contribution in [3.63, 3.8) is 0 Å². The van der Waals surface area contributed by atoms with Crippen LogP contribution in [0, 0.1) is 17.1 Å². The van der Waals surface area contributed by atoms with Crippen molar-refractivity contribution in [1.29, 1.82) is 5.26 Å². The van der Waals surface area contributed by atoms with Crippen molar-refractivity contribution in [2.75, 3.05) is 11.9 Å². The molecular weight excluding hydrogens is 311 g/mol. The van der Waals surface area contributed by atoms with E-state index in [1.54, 1.807) is 30.3 Å². The fourth-order valence-corrected chi connectivity index (χ4v) is 1.88. The highest BCUT2D eigenvalue weighted by Gasteiger charge is 2.06.